The lowest BCUT2D eigenvalue weighted by Crippen LogP contribution is -2.52. The molecule has 1 aromatic carbocycles. The van der Waals surface area contributed by atoms with Crippen molar-refractivity contribution in [2.45, 2.75) is 50.7 Å². The van der Waals surface area contributed by atoms with Crippen molar-refractivity contribution < 1.29 is 9.53 Å². The lowest BCUT2D eigenvalue weighted by Gasteiger charge is -2.38. The molecule has 29 heavy (non-hydrogen) atoms. The smallest absolute Gasteiger partial charge is 0.224 e. The van der Waals surface area contributed by atoms with E-state index in [0.29, 0.717) is 24.4 Å². The highest BCUT2D eigenvalue weighted by Crippen LogP contribution is 2.31. The first-order valence-electron chi connectivity index (χ1n) is 10.9. The third-order valence-corrected chi connectivity index (χ3v) is 6.45. The Balaban J connectivity index is 1.24. The van der Waals surface area contributed by atoms with Gasteiger partial charge in [0.1, 0.15) is 12.4 Å². The number of piperidine rings is 1. The molecule has 7 heteroatoms. The number of piperazine rings is 1. The molecule has 1 amide bonds. The van der Waals surface area contributed by atoms with Crippen LogP contribution in [-0.4, -0.2) is 65.6 Å². The molecule has 1 unspecified atom stereocenters. The third-order valence-electron chi connectivity index (χ3n) is 6.45. The van der Waals surface area contributed by atoms with E-state index in [2.05, 4.69) is 43.3 Å². The molecular weight excluding hydrogens is 366 g/mol. The largest absolute Gasteiger partial charge is 0.474 e. The molecule has 7 nitrogen and oxygen atoms in total. The van der Waals surface area contributed by atoms with Crippen molar-refractivity contribution in [2.75, 3.05) is 37.6 Å². The van der Waals surface area contributed by atoms with Crippen LogP contribution in [0.25, 0.3) is 10.9 Å². The molecule has 5 rings (SSSR count). The average Bonchev–Trinajstić information content (AvgIpc) is 2.71. The maximum Gasteiger partial charge on any atom is 0.224 e. The lowest BCUT2D eigenvalue weighted by atomic mass is 9.96. The summed E-state index contributed by atoms with van der Waals surface area (Å²) in [6.07, 6.45) is 8.18. The van der Waals surface area contributed by atoms with E-state index in [4.69, 9.17) is 4.74 Å². The molecule has 1 aliphatic carbocycles. The van der Waals surface area contributed by atoms with Crippen LogP contribution >= 0.6 is 0 Å². The molecule has 3 aliphatic rings. The quantitative estimate of drug-likeness (QED) is 0.838. The molecule has 3 heterocycles. The predicted molar refractivity (Wildman–Crippen MR) is 112 cm³/mol. The van der Waals surface area contributed by atoms with Crippen molar-refractivity contribution in [3.8, 4) is 5.88 Å². The number of hydrogen-bond acceptors (Lipinski definition) is 6. The van der Waals surface area contributed by atoms with Gasteiger partial charge in [0, 0.05) is 50.9 Å². The molecule has 1 N–H and O–H groups in total. The molecule has 0 radical (unpaired) electrons. The van der Waals surface area contributed by atoms with Crippen LogP contribution in [0.5, 0.6) is 5.88 Å². The summed E-state index contributed by atoms with van der Waals surface area (Å²) in [6.45, 7) is 4.96. The Morgan fingerprint density at radius 2 is 1.93 bits per heavy atom. The van der Waals surface area contributed by atoms with E-state index >= 15 is 0 Å². The summed E-state index contributed by atoms with van der Waals surface area (Å²) in [6, 6.07) is 6.72. The van der Waals surface area contributed by atoms with Crippen molar-refractivity contribution >= 4 is 22.5 Å². The molecule has 1 atom stereocenters. The van der Waals surface area contributed by atoms with E-state index in [1.807, 2.05) is 0 Å². The van der Waals surface area contributed by atoms with Gasteiger partial charge in [0.25, 0.3) is 0 Å². The van der Waals surface area contributed by atoms with Crippen LogP contribution in [0.4, 0.5) is 5.69 Å². The summed E-state index contributed by atoms with van der Waals surface area (Å²) in [5, 5.41) is 4.14. The number of rotatable bonds is 5. The Labute approximate surface area is 171 Å². The van der Waals surface area contributed by atoms with Gasteiger partial charge in [0.05, 0.1) is 10.9 Å². The van der Waals surface area contributed by atoms with Crippen molar-refractivity contribution in [3.05, 3.63) is 24.5 Å². The fourth-order valence-electron chi connectivity index (χ4n) is 4.48. The maximum atomic E-state index is 11.6. The van der Waals surface area contributed by atoms with E-state index in [1.165, 1.54) is 12.1 Å². The second kappa shape index (κ2) is 8.14. The molecule has 0 spiro atoms. The van der Waals surface area contributed by atoms with Gasteiger partial charge in [-0.05, 0) is 50.3 Å². The van der Waals surface area contributed by atoms with Gasteiger partial charge in [-0.2, -0.15) is 0 Å². The fourth-order valence-corrected chi connectivity index (χ4v) is 4.48. The number of fused-ring (bicyclic) bond motifs is 1. The van der Waals surface area contributed by atoms with Crippen molar-refractivity contribution in [2.24, 2.45) is 0 Å². The monoisotopic (exact) mass is 395 g/mol. The summed E-state index contributed by atoms with van der Waals surface area (Å²) in [5.74, 6) is 0.923. The zero-order chi connectivity index (χ0) is 19.6. The summed E-state index contributed by atoms with van der Waals surface area (Å²) in [7, 11) is 0. The number of carbonyl (C=O) groups excluding carboxylic acids is 1. The highest BCUT2D eigenvalue weighted by molar-refractivity contribution is 5.86. The number of benzene rings is 1. The van der Waals surface area contributed by atoms with Crippen LogP contribution < -0.4 is 15.0 Å². The Morgan fingerprint density at radius 1 is 1.07 bits per heavy atom. The second-order valence-electron chi connectivity index (χ2n) is 8.50. The number of anilines is 1. The van der Waals surface area contributed by atoms with Gasteiger partial charge < -0.3 is 15.0 Å². The summed E-state index contributed by atoms with van der Waals surface area (Å²) in [4.78, 5) is 25.3. The Bertz CT molecular complexity index is 877. The molecule has 0 bridgehead atoms. The van der Waals surface area contributed by atoms with Gasteiger partial charge >= 0.3 is 0 Å². The number of hydrogen-bond donors (Lipinski definition) is 1. The van der Waals surface area contributed by atoms with Gasteiger partial charge in [-0.15, -0.1) is 0 Å². The molecule has 2 aromatic rings. The highest BCUT2D eigenvalue weighted by atomic mass is 16.5. The SMILES string of the molecule is O=C1CCCC(CN2CCN(c3ccc4ncnc(OC5CCC5)c4c3)CC2)N1. The van der Waals surface area contributed by atoms with Gasteiger partial charge in [-0.25, -0.2) is 9.97 Å². The number of nitrogens with zero attached hydrogens (tertiary/aromatic N) is 4. The Morgan fingerprint density at radius 3 is 2.69 bits per heavy atom. The summed E-state index contributed by atoms with van der Waals surface area (Å²) < 4.78 is 6.10. The van der Waals surface area contributed by atoms with E-state index in [-0.39, 0.29) is 5.91 Å². The number of amides is 1. The van der Waals surface area contributed by atoms with Crippen molar-refractivity contribution in [1.29, 1.82) is 0 Å². The highest BCUT2D eigenvalue weighted by Gasteiger charge is 2.24. The maximum absolute atomic E-state index is 11.6. The van der Waals surface area contributed by atoms with Gasteiger partial charge in [0.2, 0.25) is 11.8 Å². The van der Waals surface area contributed by atoms with Gasteiger partial charge in [-0.3, -0.25) is 9.69 Å². The molecular formula is C22H29N5O2. The van der Waals surface area contributed by atoms with E-state index in [9.17, 15) is 4.79 Å². The van der Waals surface area contributed by atoms with Crippen LogP contribution in [0.3, 0.4) is 0 Å². The average molecular weight is 396 g/mol. The van der Waals surface area contributed by atoms with Crippen LogP contribution in [0.2, 0.25) is 0 Å². The van der Waals surface area contributed by atoms with Crippen molar-refractivity contribution in [1.82, 2.24) is 20.2 Å². The van der Waals surface area contributed by atoms with Crippen LogP contribution in [-0.2, 0) is 4.79 Å². The molecule has 3 fully saturated rings. The summed E-state index contributed by atoms with van der Waals surface area (Å²) >= 11 is 0. The molecule has 2 aliphatic heterocycles. The Hall–Kier alpha value is -2.41. The molecule has 154 valence electrons. The van der Waals surface area contributed by atoms with E-state index < -0.39 is 0 Å². The summed E-state index contributed by atoms with van der Waals surface area (Å²) in [5.41, 5.74) is 2.14. The van der Waals surface area contributed by atoms with Crippen LogP contribution in [0.15, 0.2) is 24.5 Å². The van der Waals surface area contributed by atoms with Crippen molar-refractivity contribution in [3.63, 3.8) is 0 Å². The third kappa shape index (κ3) is 4.15. The molecule has 2 saturated heterocycles. The molecule has 1 aromatic heterocycles. The lowest BCUT2D eigenvalue weighted by molar-refractivity contribution is -0.123. The standard InChI is InChI=1S/C22H29N5O2/c28-21-6-1-3-16(25-21)14-26-9-11-27(12-10-26)17-7-8-20-19(13-17)22(24-15-23-20)29-18-4-2-5-18/h7-8,13,15-16,18H,1-6,9-12,14H2,(H,25,28). The Kier molecular flexibility index (Phi) is 5.23. The van der Waals surface area contributed by atoms with Crippen LogP contribution in [0.1, 0.15) is 38.5 Å². The first kappa shape index (κ1) is 18.6. The number of aromatic nitrogens is 2. The minimum atomic E-state index is 0.207. The van der Waals surface area contributed by atoms with E-state index in [0.717, 1.165) is 69.3 Å². The first-order valence-corrected chi connectivity index (χ1v) is 10.9. The van der Waals surface area contributed by atoms with Gasteiger partial charge in [0.15, 0.2) is 0 Å². The predicted octanol–water partition coefficient (Wildman–Crippen LogP) is 2.35. The van der Waals surface area contributed by atoms with Crippen LogP contribution in [0, 0.1) is 0 Å². The molecule has 1 saturated carbocycles. The zero-order valence-electron chi connectivity index (χ0n) is 16.8. The minimum absolute atomic E-state index is 0.207. The normalized spacial score (nSPS) is 23.7. The van der Waals surface area contributed by atoms with E-state index in [1.54, 1.807) is 6.33 Å². The number of nitrogens with one attached hydrogen (secondary N) is 1. The second-order valence-corrected chi connectivity index (χ2v) is 8.50. The zero-order valence-corrected chi connectivity index (χ0v) is 16.8. The minimum Gasteiger partial charge on any atom is -0.474 e. The number of ether oxygens (including phenoxy) is 1. The van der Waals surface area contributed by atoms with Gasteiger partial charge in [-0.1, -0.05) is 0 Å². The fraction of sp³-hybridized carbons (Fsp3) is 0.591. The topological polar surface area (TPSA) is 70.6 Å². The number of carbonyl (C=O) groups is 1. The first-order chi connectivity index (χ1) is 14.2.